The fraction of sp³-hybridized carbons (Fsp3) is 0.417. The van der Waals surface area contributed by atoms with Gasteiger partial charge >= 0.3 is 12.3 Å². The number of ether oxygens (including phenoxy) is 4. The van der Waals surface area contributed by atoms with Crippen molar-refractivity contribution in [3.63, 3.8) is 0 Å². The van der Waals surface area contributed by atoms with Crippen molar-refractivity contribution in [2.45, 2.75) is 76.5 Å². The van der Waals surface area contributed by atoms with Crippen molar-refractivity contribution in [3.8, 4) is 17.2 Å². The summed E-state index contributed by atoms with van der Waals surface area (Å²) in [5.41, 5.74) is 0.0499. The minimum atomic E-state index is -4.90. The normalized spacial score (nSPS) is 15.8. The summed E-state index contributed by atoms with van der Waals surface area (Å²) in [6.07, 6.45) is -1.94. The van der Waals surface area contributed by atoms with Gasteiger partial charge in [0.25, 0.3) is 5.91 Å². The minimum Gasteiger partial charge on any atom is -0.497 e. The number of hydrogen-bond acceptors (Lipinski definition) is 9. The molecule has 3 aromatic carbocycles. The maximum absolute atomic E-state index is 14.7. The van der Waals surface area contributed by atoms with E-state index in [1.807, 2.05) is 0 Å². The van der Waals surface area contributed by atoms with Crippen molar-refractivity contribution in [1.29, 1.82) is 0 Å². The number of esters is 1. The number of benzene rings is 3. The lowest BCUT2D eigenvalue weighted by Crippen LogP contribution is -2.39. The Morgan fingerprint density at radius 3 is 2.30 bits per heavy atom. The Labute approximate surface area is 293 Å². The maximum Gasteiger partial charge on any atom is 0.573 e. The summed E-state index contributed by atoms with van der Waals surface area (Å²) >= 11 is 6.27. The van der Waals surface area contributed by atoms with Crippen molar-refractivity contribution in [2.75, 3.05) is 31.0 Å². The zero-order valence-corrected chi connectivity index (χ0v) is 29.5. The van der Waals surface area contributed by atoms with Crippen LogP contribution in [0.15, 0.2) is 59.8 Å². The number of methoxy groups -OCH3 is 2. The molecule has 0 saturated heterocycles. The molecule has 0 bridgehead atoms. The summed E-state index contributed by atoms with van der Waals surface area (Å²) < 4.78 is 60.3. The zero-order chi connectivity index (χ0) is 36.6. The first-order valence-electron chi connectivity index (χ1n) is 15.8. The number of fused-ring (bicyclic) bond motifs is 2. The van der Waals surface area contributed by atoms with Gasteiger partial charge in [-0.15, -0.1) is 13.2 Å². The van der Waals surface area contributed by atoms with Crippen LogP contribution in [0.3, 0.4) is 0 Å². The van der Waals surface area contributed by atoms with Gasteiger partial charge in [-0.1, -0.05) is 28.9 Å². The highest BCUT2D eigenvalue weighted by molar-refractivity contribution is 6.30. The molecule has 1 aliphatic heterocycles. The van der Waals surface area contributed by atoms with E-state index < -0.39 is 41.2 Å². The summed E-state index contributed by atoms with van der Waals surface area (Å²) in [4.78, 5) is 34.3. The lowest BCUT2D eigenvalue weighted by Gasteiger charge is -2.28. The van der Waals surface area contributed by atoms with E-state index in [1.165, 1.54) is 51.3 Å². The van der Waals surface area contributed by atoms with Crippen LogP contribution in [0.5, 0.6) is 17.2 Å². The molecule has 1 atom stereocenters. The highest BCUT2D eigenvalue weighted by Gasteiger charge is 2.54. The third kappa shape index (κ3) is 8.38. The lowest BCUT2D eigenvalue weighted by atomic mass is 9.99. The zero-order valence-electron chi connectivity index (χ0n) is 28.7. The average Bonchev–Trinajstić information content (AvgIpc) is 3.73. The van der Waals surface area contributed by atoms with Gasteiger partial charge < -0.3 is 34.0 Å². The summed E-state index contributed by atoms with van der Waals surface area (Å²) in [5, 5.41) is 7.68. The quantitative estimate of drug-likeness (QED) is 0.121. The summed E-state index contributed by atoms with van der Waals surface area (Å²) in [5.74, 6) is -0.730. The molecule has 0 radical (unpaired) electrons. The molecule has 1 heterocycles. The van der Waals surface area contributed by atoms with Crippen molar-refractivity contribution in [2.24, 2.45) is 5.16 Å². The van der Waals surface area contributed by atoms with Gasteiger partial charge in [-0.25, -0.2) is 4.79 Å². The highest BCUT2D eigenvalue weighted by Crippen LogP contribution is 2.57. The Bertz CT molecular complexity index is 1800. The number of hydrogen-bond donors (Lipinski definition) is 1. The Hall–Kier alpha value is -4.65. The smallest absolute Gasteiger partial charge is 0.497 e. The van der Waals surface area contributed by atoms with Crippen LogP contribution in [0.1, 0.15) is 70.2 Å². The Morgan fingerprint density at radius 1 is 0.960 bits per heavy atom. The molecule has 0 aromatic heterocycles. The number of nitrogens with one attached hydrogen (secondary N) is 1. The number of anilines is 2. The van der Waals surface area contributed by atoms with E-state index in [1.54, 1.807) is 63.2 Å². The molecule has 3 aromatic rings. The number of carbonyl (C=O) groups is 2. The first-order chi connectivity index (χ1) is 23.3. The Balaban J connectivity index is 1.49. The van der Waals surface area contributed by atoms with E-state index in [9.17, 15) is 22.8 Å². The van der Waals surface area contributed by atoms with Gasteiger partial charge in [0, 0.05) is 45.9 Å². The predicted molar refractivity (Wildman–Crippen MR) is 182 cm³/mol. The van der Waals surface area contributed by atoms with Gasteiger partial charge in [-0.05, 0) is 83.4 Å². The summed E-state index contributed by atoms with van der Waals surface area (Å²) in [6, 6.07) is 12.9. The van der Waals surface area contributed by atoms with E-state index in [2.05, 4.69) is 15.2 Å². The summed E-state index contributed by atoms with van der Waals surface area (Å²) in [6.45, 7) is 8.60. The molecule has 268 valence electrons. The third-order valence-electron chi connectivity index (χ3n) is 8.25. The molecule has 1 amide bonds. The maximum atomic E-state index is 14.7. The first-order valence-corrected chi connectivity index (χ1v) is 16.2. The molecule has 5 rings (SSSR count). The largest absolute Gasteiger partial charge is 0.573 e. The third-order valence-corrected chi connectivity index (χ3v) is 8.48. The van der Waals surface area contributed by atoms with Crippen molar-refractivity contribution in [1.82, 2.24) is 0 Å². The van der Waals surface area contributed by atoms with E-state index in [0.29, 0.717) is 39.0 Å². The molecule has 14 heteroatoms. The molecular weight excluding hydrogens is 679 g/mol. The first kappa shape index (κ1) is 36.6. The van der Waals surface area contributed by atoms with Crippen LogP contribution in [0.2, 0.25) is 5.02 Å². The number of amides is 1. The molecule has 1 unspecified atom stereocenters. The SMILES string of the molecule is COc1cc(C=NOC(C)(C)C(=O)OC(C)(C)C)cc(NC(C(=O)N2CC3(CC3)c3ccc(OC(F)(F)F)cc32)c2ccc(Cl)cc2OC)c1. The van der Waals surface area contributed by atoms with Crippen LogP contribution in [0.4, 0.5) is 24.5 Å². The van der Waals surface area contributed by atoms with E-state index >= 15 is 0 Å². The van der Waals surface area contributed by atoms with E-state index in [4.69, 9.17) is 30.6 Å². The van der Waals surface area contributed by atoms with E-state index in [-0.39, 0.29) is 12.0 Å². The molecule has 1 spiro atoms. The van der Waals surface area contributed by atoms with Gasteiger partial charge in [0.1, 0.15) is 28.9 Å². The van der Waals surface area contributed by atoms with Crippen LogP contribution in [0, 0.1) is 0 Å². The number of rotatable bonds is 11. The van der Waals surface area contributed by atoms with Crippen LogP contribution < -0.4 is 24.4 Å². The summed E-state index contributed by atoms with van der Waals surface area (Å²) in [7, 11) is 2.92. The van der Waals surface area contributed by atoms with Gasteiger partial charge in [0.05, 0.1) is 26.1 Å². The van der Waals surface area contributed by atoms with Crippen LogP contribution in [0.25, 0.3) is 0 Å². The second-order valence-corrected chi connectivity index (χ2v) is 14.2. The molecule has 1 aliphatic carbocycles. The highest BCUT2D eigenvalue weighted by atomic mass is 35.5. The number of nitrogens with zero attached hydrogens (tertiary/aromatic N) is 2. The van der Waals surface area contributed by atoms with Crippen molar-refractivity contribution >= 4 is 41.1 Å². The number of halogens is 4. The van der Waals surface area contributed by atoms with Gasteiger partial charge in [-0.2, -0.15) is 0 Å². The number of carbonyl (C=O) groups excluding carboxylic acids is 2. The second-order valence-electron chi connectivity index (χ2n) is 13.7. The van der Waals surface area contributed by atoms with Gasteiger partial charge in [0.15, 0.2) is 0 Å². The molecular formula is C36H39ClF3N3O7. The fourth-order valence-corrected chi connectivity index (χ4v) is 5.86. The van der Waals surface area contributed by atoms with Crippen LogP contribution >= 0.6 is 11.6 Å². The molecule has 1 saturated carbocycles. The average molecular weight is 718 g/mol. The van der Waals surface area contributed by atoms with Gasteiger partial charge in [0.2, 0.25) is 5.60 Å². The Kier molecular flexibility index (Phi) is 9.95. The van der Waals surface area contributed by atoms with E-state index in [0.717, 1.165) is 18.4 Å². The van der Waals surface area contributed by atoms with Crippen LogP contribution in [-0.2, 0) is 24.6 Å². The second kappa shape index (κ2) is 13.6. The van der Waals surface area contributed by atoms with Crippen LogP contribution in [-0.4, -0.2) is 56.4 Å². The predicted octanol–water partition coefficient (Wildman–Crippen LogP) is 7.96. The van der Waals surface area contributed by atoms with Gasteiger partial charge in [-0.3, -0.25) is 4.79 Å². The number of alkyl halides is 3. The molecule has 2 aliphatic rings. The number of oxime groups is 1. The fourth-order valence-electron chi connectivity index (χ4n) is 5.70. The topological polar surface area (TPSA) is 108 Å². The molecule has 1 fully saturated rings. The standard InChI is InChI=1S/C36H39ClF3N3O7/c1-33(2,3)49-32(45)34(4,5)50-41-19-21-14-23(17-25(15-21)46-6)42-30(26-10-8-22(37)16-29(26)47-7)31(44)43-20-35(12-13-35)27-11-9-24(18-28(27)43)48-36(38,39)40/h8-11,14-19,30,42H,12-13,20H2,1-7H3. The lowest BCUT2D eigenvalue weighted by molar-refractivity contribution is -0.274. The van der Waals surface area contributed by atoms with Crippen molar-refractivity contribution in [3.05, 3.63) is 76.3 Å². The monoisotopic (exact) mass is 717 g/mol. The van der Waals surface area contributed by atoms with Crippen molar-refractivity contribution < 1.29 is 46.5 Å². The molecule has 10 nitrogen and oxygen atoms in total. The molecule has 1 N–H and O–H groups in total. The minimum absolute atomic E-state index is 0.283. The molecule has 50 heavy (non-hydrogen) atoms. The Morgan fingerprint density at radius 2 is 1.68 bits per heavy atom.